The number of aromatic nitrogens is 1. The molecule has 4 heteroatoms. The normalized spacial score (nSPS) is 9.73. The molecule has 0 amide bonds. The lowest BCUT2D eigenvalue weighted by Crippen LogP contribution is -1.96. The monoisotopic (exact) mass is 159 g/mol. The Kier molecular flexibility index (Phi) is 2.36. The molecular weight excluding hydrogens is 152 g/mol. The molecule has 0 atom stereocenters. The predicted octanol–water partition coefficient (Wildman–Crippen LogP) is 1.76. The molecule has 0 aromatic carbocycles. The van der Waals surface area contributed by atoms with Gasteiger partial charge in [-0.2, -0.15) is 9.37 Å². The Hall–Kier alpha value is -1.19. The maximum Gasteiger partial charge on any atom is 0.219 e. The molecule has 1 aromatic heterocycles. The van der Waals surface area contributed by atoms with Crippen molar-refractivity contribution in [3.63, 3.8) is 0 Å². The van der Waals surface area contributed by atoms with E-state index < -0.39 is 11.8 Å². The first kappa shape index (κ1) is 7.91. The molecule has 0 unspecified atom stereocenters. The van der Waals surface area contributed by atoms with E-state index >= 15 is 0 Å². The van der Waals surface area contributed by atoms with Crippen LogP contribution in [0.2, 0.25) is 0 Å². The lowest BCUT2D eigenvalue weighted by molar-refractivity contribution is 0.318. The van der Waals surface area contributed by atoms with Crippen LogP contribution in [-0.2, 0) is 0 Å². The van der Waals surface area contributed by atoms with Crippen LogP contribution in [0, 0.1) is 11.8 Å². The fourth-order valence-electron chi connectivity index (χ4n) is 0.665. The fourth-order valence-corrected chi connectivity index (χ4v) is 0.665. The van der Waals surface area contributed by atoms with Gasteiger partial charge in [0.25, 0.3) is 0 Å². The van der Waals surface area contributed by atoms with Crippen molar-refractivity contribution in [1.82, 2.24) is 4.98 Å². The molecule has 0 saturated carbocycles. The smallest absolute Gasteiger partial charge is 0.219 e. The second-order valence-electron chi connectivity index (χ2n) is 1.88. The quantitative estimate of drug-likeness (QED) is 0.613. The van der Waals surface area contributed by atoms with Gasteiger partial charge in [0.2, 0.25) is 11.8 Å². The first-order chi connectivity index (χ1) is 5.22. The molecule has 0 fully saturated rings. The number of nitrogens with zero attached hydrogens (tertiary/aromatic N) is 1. The van der Waals surface area contributed by atoms with E-state index in [9.17, 15) is 8.78 Å². The number of rotatable bonds is 2. The van der Waals surface area contributed by atoms with Crippen LogP contribution in [0.1, 0.15) is 6.92 Å². The Morgan fingerprint density at radius 3 is 2.73 bits per heavy atom. The summed E-state index contributed by atoms with van der Waals surface area (Å²) in [5, 5.41) is 0. The van der Waals surface area contributed by atoms with Crippen molar-refractivity contribution in [3.05, 3.63) is 23.9 Å². The first-order valence-corrected chi connectivity index (χ1v) is 3.18. The summed E-state index contributed by atoms with van der Waals surface area (Å²) in [5.74, 6) is -1.57. The highest BCUT2D eigenvalue weighted by Gasteiger charge is 2.00. The minimum absolute atomic E-state index is 0.0231. The van der Waals surface area contributed by atoms with Gasteiger partial charge in [0.05, 0.1) is 6.61 Å². The second kappa shape index (κ2) is 3.27. The predicted molar refractivity (Wildman–Crippen MR) is 35.3 cm³/mol. The van der Waals surface area contributed by atoms with E-state index in [1.165, 1.54) is 0 Å². The molecule has 11 heavy (non-hydrogen) atoms. The summed E-state index contributed by atoms with van der Waals surface area (Å²) in [5.41, 5.74) is 0. The molecule has 0 aliphatic heterocycles. The van der Waals surface area contributed by atoms with Gasteiger partial charge in [-0.25, -0.2) is 4.39 Å². The van der Waals surface area contributed by atoms with E-state index in [1.807, 2.05) is 0 Å². The maximum atomic E-state index is 12.4. The van der Waals surface area contributed by atoms with Gasteiger partial charge >= 0.3 is 0 Å². The molecule has 0 saturated heterocycles. The van der Waals surface area contributed by atoms with Crippen LogP contribution < -0.4 is 4.74 Å². The van der Waals surface area contributed by atoms with Crippen LogP contribution >= 0.6 is 0 Å². The summed E-state index contributed by atoms with van der Waals surface area (Å²) in [4.78, 5) is 3.29. The van der Waals surface area contributed by atoms with Crippen LogP contribution in [-0.4, -0.2) is 11.6 Å². The van der Waals surface area contributed by atoms with E-state index in [4.69, 9.17) is 4.74 Å². The van der Waals surface area contributed by atoms with Crippen molar-refractivity contribution in [2.24, 2.45) is 0 Å². The summed E-state index contributed by atoms with van der Waals surface area (Å²) in [6.45, 7) is 2.06. The average molecular weight is 159 g/mol. The van der Waals surface area contributed by atoms with Gasteiger partial charge in [-0.3, -0.25) is 0 Å². The standard InChI is InChI=1S/C7H7F2NO/c1-2-11-7-4-5(8)3-6(9)10-7/h3-4H,2H2,1H3. The van der Waals surface area contributed by atoms with Crippen LogP contribution in [0.3, 0.4) is 0 Å². The molecule has 1 rings (SSSR count). The molecule has 0 radical (unpaired) electrons. The minimum atomic E-state index is -0.867. The lowest BCUT2D eigenvalue weighted by atomic mass is 10.4. The molecule has 0 spiro atoms. The number of hydrogen-bond donors (Lipinski definition) is 0. The van der Waals surface area contributed by atoms with Crippen LogP contribution in [0.4, 0.5) is 8.78 Å². The lowest BCUT2D eigenvalue weighted by Gasteiger charge is -2.00. The van der Waals surface area contributed by atoms with Gasteiger partial charge in [-0.15, -0.1) is 0 Å². The zero-order chi connectivity index (χ0) is 8.27. The van der Waals surface area contributed by atoms with Crippen molar-refractivity contribution < 1.29 is 13.5 Å². The topological polar surface area (TPSA) is 22.1 Å². The molecule has 0 aliphatic carbocycles. The molecule has 0 bridgehead atoms. The van der Waals surface area contributed by atoms with Crippen molar-refractivity contribution in [2.45, 2.75) is 6.92 Å². The van der Waals surface area contributed by atoms with Gasteiger partial charge in [-0.1, -0.05) is 0 Å². The molecular formula is C7H7F2NO. The van der Waals surface area contributed by atoms with E-state index in [0.29, 0.717) is 12.7 Å². The Bertz CT molecular complexity index is 232. The molecule has 1 aromatic rings. The van der Waals surface area contributed by atoms with E-state index in [2.05, 4.69) is 4.98 Å². The zero-order valence-corrected chi connectivity index (χ0v) is 5.97. The third kappa shape index (κ3) is 2.14. The third-order valence-corrected chi connectivity index (χ3v) is 1.03. The van der Waals surface area contributed by atoms with Crippen LogP contribution in [0.25, 0.3) is 0 Å². The summed E-state index contributed by atoms with van der Waals surface area (Å²) in [6.07, 6.45) is 0. The second-order valence-corrected chi connectivity index (χ2v) is 1.88. The minimum Gasteiger partial charge on any atom is -0.478 e. The van der Waals surface area contributed by atoms with Crippen molar-refractivity contribution in [1.29, 1.82) is 0 Å². The first-order valence-electron chi connectivity index (χ1n) is 3.18. The number of hydrogen-bond acceptors (Lipinski definition) is 2. The maximum absolute atomic E-state index is 12.4. The number of ether oxygens (including phenoxy) is 1. The molecule has 0 N–H and O–H groups in total. The van der Waals surface area contributed by atoms with Crippen LogP contribution in [0.5, 0.6) is 5.88 Å². The van der Waals surface area contributed by atoms with Gasteiger partial charge in [0.15, 0.2) is 0 Å². The molecule has 2 nitrogen and oxygen atoms in total. The summed E-state index contributed by atoms with van der Waals surface area (Å²) >= 11 is 0. The highest BCUT2D eigenvalue weighted by atomic mass is 19.1. The Balaban J connectivity index is 2.89. The number of halogens is 2. The van der Waals surface area contributed by atoms with E-state index in [1.54, 1.807) is 6.92 Å². The average Bonchev–Trinajstić information content (AvgIpc) is 1.85. The van der Waals surface area contributed by atoms with Crippen molar-refractivity contribution >= 4 is 0 Å². The highest BCUT2D eigenvalue weighted by Crippen LogP contribution is 2.09. The van der Waals surface area contributed by atoms with E-state index in [0.717, 1.165) is 6.07 Å². The summed E-state index contributed by atoms with van der Waals surface area (Å²) in [6, 6.07) is 1.73. The Labute approximate surface area is 62.8 Å². The van der Waals surface area contributed by atoms with Crippen LogP contribution in [0.15, 0.2) is 12.1 Å². The Morgan fingerprint density at radius 2 is 2.18 bits per heavy atom. The Morgan fingerprint density at radius 1 is 1.45 bits per heavy atom. The van der Waals surface area contributed by atoms with Gasteiger partial charge < -0.3 is 4.74 Å². The van der Waals surface area contributed by atoms with Gasteiger partial charge in [-0.05, 0) is 6.92 Å². The molecule has 0 aliphatic rings. The van der Waals surface area contributed by atoms with Crippen molar-refractivity contribution in [2.75, 3.05) is 6.61 Å². The third-order valence-electron chi connectivity index (χ3n) is 1.03. The summed E-state index contributed by atoms with van der Waals surface area (Å²) < 4.78 is 29.5. The van der Waals surface area contributed by atoms with E-state index in [-0.39, 0.29) is 5.88 Å². The number of pyridine rings is 1. The molecule has 1 heterocycles. The van der Waals surface area contributed by atoms with Gasteiger partial charge in [0.1, 0.15) is 5.82 Å². The highest BCUT2D eigenvalue weighted by molar-refractivity contribution is 5.12. The van der Waals surface area contributed by atoms with Gasteiger partial charge in [0, 0.05) is 12.1 Å². The fraction of sp³-hybridized carbons (Fsp3) is 0.286. The summed E-state index contributed by atoms with van der Waals surface area (Å²) in [7, 11) is 0. The zero-order valence-electron chi connectivity index (χ0n) is 5.97. The SMILES string of the molecule is CCOc1cc(F)cc(F)n1. The van der Waals surface area contributed by atoms with Crippen molar-refractivity contribution in [3.8, 4) is 5.88 Å². The molecule has 60 valence electrons. The largest absolute Gasteiger partial charge is 0.478 e.